The molecule has 10 rings (SSSR count). The van der Waals surface area contributed by atoms with E-state index in [2.05, 4.69) is 131 Å². The molecule has 1 aromatic heterocycles. The van der Waals surface area contributed by atoms with Gasteiger partial charge in [0.05, 0.1) is 26.3 Å². The van der Waals surface area contributed by atoms with E-state index < -0.39 is 24.2 Å². The average molecular weight is 696 g/mol. The van der Waals surface area contributed by atoms with Crippen LogP contribution in [0.4, 0.5) is 17.1 Å². The predicted molar refractivity (Wildman–Crippen MR) is 229 cm³/mol. The molecule has 0 amide bonds. The molecular formula is C52H36N2. The molecule has 0 fully saturated rings. The molecule has 0 bridgehead atoms. The minimum Gasteiger partial charge on any atom is -0.310 e. The van der Waals surface area contributed by atoms with Gasteiger partial charge in [-0.25, -0.2) is 0 Å². The van der Waals surface area contributed by atoms with Crippen molar-refractivity contribution in [3.05, 3.63) is 218 Å². The second-order valence-corrected chi connectivity index (χ2v) is 13.2. The highest BCUT2D eigenvalue weighted by Crippen LogP contribution is 2.45. The van der Waals surface area contributed by atoms with Crippen molar-refractivity contribution >= 4 is 49.6 Å². The zero-order valence-electron chi connectivity index (χ0n) is 36.1. The van der Waals surface area contributed by atoms with Gasteiger partial charge in [-0.1, -0.05) is 158 Å². The highest BCUT2D eigenvalue weighted by atomic mass is 15.1. The number of fused-ring (bicyclic) bond motifs is 4. The Bertz CT molecular complexity index is 3310. The molecule has 10 aromatic rings. The van der Waals surface area contributed by atoms with Gasteiger partial charge in [-0.15, -0.1) is 0 Å². The minimum absolute atomic E-state index is 0.0667. The Labute approximate surface area is 325 Å². The van der Waals surface area contributed by atoms with Crippen molar-refractivity contribution in [3.8, 4) is 39.1 Å². The number of nitrogens with zero attached hydrogens (tertiary/aromatic N) is 2. The summed E-state index contributed by atoms with van der Waals surface area (Å²) in [6.45, 7) is 0. The molecule has 0 spiro atoms. The topological polar surface area (TPSA) is 8.17 Å². The van der Waals surface area contributed by atoms with Crippen molar-refractivity contribution in [3.63, 3.8) is 0 Å². The first-order valence-electron chi connectivity index (χ1n) is 21.5. The predicted octanol–water partition coefficient (Wildman–Crippen LogP) is 14.4. The van der Waals surface area contributed by atoms with Crippen LogP contribution >= 0.6 is 0 Å². The van der Waals surface area contributed by atoms with Crippen molar-refractivity contribution in [1.29, 1.82) is 0 Å². The lowest BCUT2D eigenvalue weighted by Crippen LogP contribution is -2.11. The lowest BCUT2D eigenvalue weighted by molar-refractivity contribution is 1.18. The Hall–Kier alpha value is -7.16. The summed E-state index contributed by atoms with van der Waals surface area (Å²) < 4.78 is 62.8. The molecule has 54 heavy (non-hydrogen) atoms. The number of anilines is 3. The molecule has 0 aliphatic rings. The Morgan fingerprint density at radius 1 is 0.407 bits per heavy atom. The van der Waals surface area contributed by atoms with Crippen LogP contribution in [0.3, 0.4) is 0 Å². The van der Waals surface area contributed by atoms with Gasteiger partial charge in [-0.05, 0) is 99.2 Å². The fourth-order valence-electron chi connectivity index (χ4n) is 7.56. The van der Waals surface area contributed by atoms with E-state index in [1.807, 2.05) is 54.6 Å². The van der Waals surface area contributed by atoms with Crippen molar-refractivity contribution in [2.45, 2.75) is 0 Å². The molecule has 0 saturated carbocycles. The Morgan fingerprint density at radius 2 is 0.981 bits per heavy atom. The van der Waals surface area contributed by atoms with Gasteiger partial charge < -0.3 is 9.47 Å². The molecule has 0 unspecified atom stereocenters. The summed E-state index contributed by atoms with van der Waals surface area (Å²) in [7, 11) is 0. The molecular weight excluding hydrogens is 653 g/mol. The number of aromatic nitrogens is 1. The highest BCUT2D eigenvalue weighted by Gasteiger charge is 2.21. The maximum atomic E-state index is 9.16. The first-order chi connectivity index (χ1) is 29.7. The molecule has 2 heteroatoms. The first-order valence-corrected chi connectivity index (χ1v) is 18.0. The van der Waals surface area contributed by atoms with Gasteiger partial charge in [0, 0.05) is 33.4 Å². The van der Waals surface area contributed by atoms with Crippen molar-refractivity contribution < 1.29 is 9.60 Å². The van der Waals surface area contributed by atoms with E-state index in [1.165, 1.54) is 0 Å². The average Bonchev–Trinajstić information content (AvgIpc) is 3.65. The smallest absolute Gasteiger partial charge is 0.0636 e. The first kappa shape index (κ1) is 24.9. The standard InChI is InChI=1S/C52H36N2/c1-3-14-37(15-4-1)39-28-32-44(33-29-39)53(45-34-30-40(31-35-45)42-27-26-38-16-7-8-17-41(38)36-42)49-23-11-9-20-46(49)47-22-13-25-51-52(47)48-21-10-12-24-50(48)54(51)43-18-5-2-6-19-43/h1-36H/i7D,8D,16D,17D,26D,27D,36D. The van der Waals surface area contributed by atoms with E-state index in [1.54, 1.807) is 0 Å². The SMILES string of the molecule is [2H]c1c([2H])c([2H])c2c([2H])c(-c3ccc(N(c4ccc(-c5ccccc5)cc4)c4ccccc4-c4cccc5c4c4ccccc4n5-c4ccccc4)cc3)c([2H])c([2H])c2c1[2H]. The molecule has 0 atom stereocenters. The van der Waals surface area contributed by atoms with Crippen LogP contribution in [0.1, 0.15) is 9.60 Å². The van der Waals surface area contributed by atoms with Crippen molar-refractivity contribution in [1.82, 2.24) is 4.57 Å². The van der Waals surface area contributed by atoms with E-state index >= 15 is 0 Å². The van der Waals surface area contributed by atoms with Gasteiger partial charge in [0.2, 0.25) is 0 Å². The number of hydrogen-bond acceptors (Lipinski definition) is 1. The third-order valence-corrected chi connectivity index (χ3v) is 10.0. The zero-order valence-corrected chi connectivity index (χ0v) is 29.1. The second kappa shape index (κ2) is 13.4. The minimum atomic E-state index is -0.489. The molecule has 254 valence electrons. The van der Waals surface area contributed by atoms with Gasteiger partial charge in [-0.2, -0.15) is 0 Å². The summed E-state index contributed by atoms with van der Waals surface area (Å²) in [4.78, 5) is 2.21. The van der Waals surface area contributed by atoms with Gasteiger partial charge in [0.25, 0.3) is 0 Å². The van der Waals surface area contributed by atoms with Gasteiger partial charge >= 0.3 is 0 Å². The molecule has 1 heterocycles. The molecule has 0 saturated heterocycles. The summed E-state index contributed by atoms with van der Waals surface area (Å²) in [5.74, 6) is 0. The number of rotatable bonds is 7. The summed E-state index contributed by atoms with van der Waals surface area (Å²) in [6, 6.07) is 57.4. The fraction of sp³-hybridized carbons (Fsp3) is 0. The van der Waals surface area contributed by atoms with Crippen LogP contribution < -0.4 is 4.90 Å². The van der Waals surface area contributed by atoms with Crippen LogP contribution in [-0.2, 0) is 0 Å². The maximum Gasteiger partial charge on any atom is 0.0636 e. The van der Waals surface area contributed by atoms with Crippen LogP contribution in [0.25, 0.3) is 71.6 Å². The van der Waals surface area contributed by atoms with Crippen molar-refractivity contribution in [2.75, 3.05) is 4.90 Å². The summed E-state index contributed by atoms with van der Waals surface area (Å²) in [5, 5.41) is 2.09. The van der Waals surface area contributed by atoms with Crippen LogP contribution in [0.5, 0.6) is 0 Å². The molecule has 0 aliphatic heterocycles. The molecule has 9 aromatic carbocycles. The normalized spacial score (nSPS) is 13.1. The quantitative estimate of drug-likeness (QED) is 0.161. The van der Waals surface area contributed by atoms with Crippen LogP contribution in [-0.4, -0.2) is 4.57 Å². The van der Waals surface area contributed by atoms with E-state index in [0.717, 1.165) is 66.8 Å². The Morgan fingerprint density at radius 3 is 1.74 bits per heavy atom. The zero-order chi connectivity index (χ0) is 41.9. The van der Waals surface area contributed by atoms with Crippen molar-refractivity contribution in [2.24, 2.45) is 0 Å². The number of benzene rings is 9. The van der Waals surface area contributed by atoms with Gasteiger partial charge in [0.15, 0.2) is 0 Å². The number of para-hydroxylation sites is 3. The second-order valence-electron chi connectivity index (χ2n) is 13.2. The molecule has 0 N–H and O–H groups in total. The largest absolute Gasteiger partial charge is 0.310 e. The van der Waals surface area contributed by atoms with Crippen LogP contribution in [0.2, 0.25) is 0 Å². The number of hydrogen-bond donors (Lipinski definition) is 0. The lowest BCUT2D eigenvalue weighted by atomic mass is 9.96. The van der Waals surface area contributed by atoms with E-state index in [9.17, 15) is 0 Å². The summed E-state index contributed by atoms with van der Waals surface area (Å²) in [5.41, 5.74) is 10.9. The monoisotopic (exact) mass is 695 g/mol. The summed E-state index contributed by atoms with van der Waals surface area (Å²) >= 11 is 0. The summed E-state index contributed by atoms with van der Waals surface area (Å²) in [6.07, 6.45) is 0. The highest BCUT2D eigenvalue weighted by molar-refractivity contribution is 6.17. The molecule has 0 aliphatic carbocycles. The van der Waals surface area contributed by atoms with Gasteiger partial charge in [0.1, 0.15) is 0 Å². The lowest BCUT2D eigenvalue weighted by Gasteiger charge is -2.28. The van der Waals surface area contributed by atoms with E-state index in [0.29, 0.717) is 5.56 Å². The van der Waals surface area contributed by atoms with Gasteiger partial charge in [-0.3, -0.25) is 0 Å². The fourth-order valence-corrected chi connectivity index (χ4v) is 7.56. The Kier molecular flexibility index (Phi) is 6.20. The molecule has 2 nitrogen and oxygen atoms in total. The Balaban J connectivity index is 1.17. The maximum absolute atomic E-state index is 9.16. The van der Waals surface area contributed by atoms with E-state index in [-0.39, 0.29) is 34.5 Å². The van der Waals surface area contributed by atoms with Crippen LogP contribution in [0.15, 0.2) is 218 Å². The van der Waals surface area contributed by atoms with E-state index in [4.69, 9.17) is 9.60 Å². The van der Waals surface area contributed by atoms with Crippen LogP contribution in [0, 0.1) is 0 Å². The molecule has 0 radical (unpaired) electrons. The third kappa shape index (κ3) is 5.53. The third-order valence-electron chi connectivity index (χ3n) is 10.0.